The SMILES string of the molecule is CCCOc1cncc(-c2ccc(OC)cc2CN)c1. The Balaban J connectivity index is 2.35. The smallest absolute Gasteiger partial charge is 0.138 e. The zero-order valence-corrected chi connectivity index (χ0v) is 11.9. The lowest BCUT2D eigenvalue weighted by molar-refractivity contribution is 0.316. The zero-order chi connectivity index (χ0) is 14.4. The number of pyridine rings is 1. The van der Waals surface area contributed by atoms with Crippen LogP contribution in [0, 0.1) is 0 Å². The van der Waals surface area contributed by atoms with Gasteiger partial charge >= 0.3 is 0 Å². The van der Waals surface area contributed by atoms with E-state index in [0.717, 1.165) is 34.6 Å². The van der Waals surface area contributed by atoms with Crippen molar-refractivity contribution in [3.63, 3.8) is 0 Å². The van der Waals surface area contributed by atoms with Gasteiger partial charge in [-0.25, -0.2) is 0 Å². The molecule has 1 aromatic carbocycles. The van der Waals surface area contributed by atoms with Gasteiger partial charge in [-0.15, -0.1) is 0 Å². The minimum atomic E-state index is 0.451. The molecule has 0 amide bonds. The van der Waals surface area contributed by atoms with E-state index in [-0.39, 0.29) is 0 Å². The summed E-state index contributed by atoms with van der Waals surface area (Å²) < 4.78 is 10.8. The number of aromatic nitrogens is 1. The fourth-order valence-electron chi connectivity index (χ4n) is 2.01. The van der Waals surface area contributed by atoms with E-state index in [1.54, 1.807) is 13.3 Å². The summed E-state index contributed by atoms with van der Waals surface area (Å²) in [6, 6.07) is 7.87. The Labute approximate surface area is 119 Å². The third kappa shape index (κ3) is 3.27. The first kappa shape index (κ1) is 14.3. The van der Waals surface area contributed by atoms with E-state index in [1.165, 1.54) is 0 Å². The number of hydrogen-bond acceptors (Lipinski definition) is 4. The molecule has 0 saturated heterocycles. The second-order valence-electron chi connectivity index (χ2n) is 4.48. The standard InChI is InChI=1S/C16H20N2O2/c1-3-6-20-15-8-13(10-18-11-15)16-5-4-14(19-2)7-12(16)9-17/h4-5,7-8,10-11H,3,6,9,17H2,1-2H3. The summed E-state index contributed by atoms with van der Waals surface area (Å²) in [5, 5.41) is 0. The van der Waals surface area contributed by atoms with Gasteiger partial charge in [0, 0.05) is 18.3 Å². The Morgan fingerprint density at radius 2 is 2.00 bits per heavy atom. The van der Waals surface area contributed by atoms with Gasteiger partial charge in [0.05, 0.1) is 19.9 Å². The minimum Gasteiger partial charge on any atom is -0.497 e. The third-order valence-electron chi connectivity index (χ3n) is 3.03. The highest BCUT2D eigenvalue weighted by Crippen LogP contribution is 2.28. The van der Waals surface area contributed by atoms with Crippen LogP contribution in [-0.4, -0.2) is 18.7 Å². The highest BCUT2D eigenvalue weighted by atomic mass is 16.5. The van der Waals surface area contributed by atoms with Crippen LogP contribution in [0.1, 0.15) is 18.9 Å². The summed E-state index contributed by atoms with van der Waals surface area (Å²) in [4.78, 5) is 4.23. The number of ether oxygens (including phenoxy) is 2. The van der Waals surface area contributed by atoms with Crippen molar-refractivity contribution >= 4 is 0 Å². The van der Waals surface area contributed by atoms with E-state index in [2.05, 4.69) is 11.9 Å². The van der Waals surface area contributed by atoms with Gasteiger partial charge in [0.15, 0.2) is 0 Å². The van der Waals surface area contributed by atoms with E-state index in [9.17, 15) is 0 Å². The third-order valence-corrected chi connectivity index (χ3v) is 3.03. The minimum absolute atomic E-state index is 0.451. The van der Waals surface area contributed by atoms with Crippen LogP contribution in [0.4, 0.5) is 0 Å². The predicted octanol–water partition coefficient (Wildman–Crippen LogP) is 3.00. The molecule has 4 nitrogen and oxygen atoms in total. The predicted molar refractivity (Wildman–Crippen MR) is 79.9 cm³/mol. The van der Waals surface area contributed by atoms with Crippen LogP contribution in [-0.2, 0) is 6.54 Å². The van der Waals surface area contributed by atoms with E-state index >= 15 is 0 Å². The number of rotatable bonds is 6. The van der Waals surface area contributed by atoms with E-state index in [1.807, 2.05) is 30.5 Å². The Hall–Kier alpha value is -2.07. The van der Waals surface area contributed by atoms with Crippen LogP contribution < -0.4 is 15.2 Å². The Morgan fingerprint density at radius 3 is 2.70 bits per heavy atom. The van der Waals surface area contributed by atoms with Crippen molar-refractivity contribution in [1.82, 2.24) is 4.98 Å². The molecule has 106 valence electrons. The molecule has 0 aliphatic heterocycles. The average Bonchev–Trinajstić information content (AvgIpc) is 2.52. The molecule has 0 aliphatic rings. The van der Waals surface area contributed by atoms with Gasteiger partial charge in [-0.1, -0.05) is 13.0 Å². The maximum Gasteiger partial charge on any atom is 0.138 e. The first-order chi connectivity index (χ1) is 9.78. The van der Waals surface area contributed by atoms with Crippen molar-refractivity contribution < 1.29 is 9.47 Å². The maximum absolute atomic E-state index is 5.82. The van der Waals surface area contributed by atoms with Crippen LogP contribution in [0.25, 0.3) is 11.1 Å². The van der Waals surface area contributed by atoms with Crippen molar-refractivity contribution in [1.29, 1.82) is 0 Å². The molecule has 2 rings (SSSR count). The molecule has 1 aromatic heterocycles. The van der Waals surface area contributed by atoms with Crippen molar-refractivity contribution in [3.05, 3.63) is 42.2 Å². The number of methoxy groups -OCH3 is 1. The van der Waals surface area contributed by atoms with Crippen LogP contribution in [0.15, 0.2) is 36.7 Å². The lowest BCUT2D eigenvalue weighted by atomic mass is 10.0. The van der Waals surface area contributed by atoms with E-state index < -0.39 is 0 Å². The van der Waals surface area contributed by atoms with Crippen molar-refractivity contribution in [2.24, 2.45) is 5.73 Å². The Morgan fingerprint density at radius 1 is 1.15 bits per heavy atom. The highest BCUT2D eigenvalue weighted by molar-refractivity contribution is 5.68. The van der Waals surface area contributed by atoms with Crippen LogP contribution in [0.5, 0.6) is 11.5 Å². The second-order valence-corrected chi connectivity index (χ2v) is 4.48. The van der Waals surface area contributed by atoms with Crippen LogP contribution in [0.3, 0.4) is 0 Å². The molecule has 4 heteroatoms. The molecule has 0 fully saturated rings. The monoisotopic (exact) mass is 272 g/mol. The van der Waals surface area contributed by atoms with Crippen LogP contribution in [0.2, 0.25) is 0 Å². The number of nitrogens with two attached hydrogens (primary N) is 1. The molecule has 2 N–H and O–H groups in total. The van der Waals surface area contributed by atoms with Crippen molar-refractivity contribution in [2.45, 2.75) is 19.9 Å². The molecular formula is C16H20N2O2. The molecule has 0 atom stereocenters. The van der Waals surface area contributed by atoms with E-state index in [4.69, 9.17) is 15.2 Å². The van der Waals surface area contributed by atoms with Crippen LogP contribution >= 0.6 is 0 Å². The molecule has 0 spiro atoms. The summed E-state index contributed by atoms with van der Waals surface area (Å²) in [7, 11) is 1.65. The van der Waals surface area contributed by atoms with Gasteiger partial charge < -0.3 is 15.2 Å². The summed E-state index contributed by atoms with van der Waals surface area (Å²) in [5.74, 6) is 1.59. The lowest BCUT2D eigenvalue weighted by Crippen LogP contribution is -2.01. The van der Waals surface area contributed by atoms with Crippen molar-refractivity contribution in [3.8, 4) is 22.6 Å². The number of benzene rings is 1. The zero-order valence-electron chi connectivity index (χ0n) is 11.9. The first-order valence-corrected chi connectivity index (χ1v) is 6.73. The molecular weight excluding hydrogens is 252 g/mol. The summed E-state index contributed by atoms with van der Waals surface area (Å²) in [5.41, 5.74) is 8.91. The molecule has 0 unspecified atom stereocenters. The fourth-order valence-corrected chi connectivity index (χ4v) is 2.01. The van der Waals surface area contributed by atoms with Gasteiger partial charge in [0.1, 0.15) is 11.5 Å². The van der Waals surface area contributed by atoms with Gasteiger partial charge in [-0.3, -0.25) is 4.98 Å². The fraction of sp³-hybridized carbons (Fsp3) is 0.312. The number of nitrogens with zero attached hydrogens (tertiary/aromatic N) is 1. The molecule has 0 saturated carbocycles. The quantitative estimate of drug-likeness (QED) is 0.878. The average molecular weight is 272 g/mol. The Kier molecular flexibility index (Phi) is 4.96. The van der Waals surface area contributed by atoms with Gasteiger partial charge in [-0.2, -0.15) is 0 Å². The first-order valence-electron chi connectivity index (χ1n) is 6.73. The summed E-state index contributed by atoms with van der Waals surface area (Å²) in [6.07, 6.45) is 4.52. The molecule has 1 heterocycles. The second kappa shape index (κ2) is 6.91. The van der Waals surface area contributed by atoms with E-state index in [0.29, 0.717) is 13.2 Å². The van der Waals surface area contributed by atoms with Gasteiger partial charge in [0.25, 0.3) is 0 Å². The van der Waals surface area contributed by atoms with Crippen molar-refractivity contribution in [2.75, 3.05) is 13.7 Å². The molecule has 0 bridgehead atoms. The topological polar surface area (TPSA) is 57.4 Å². The number of hydrogen-bond donors (Lipinski definition) is 1. The van der Waals surface area contributed by atoms with Gasteiger partial charge in [0.2, 0.25) is 0 Å². The molecule has 0 radical (unpaired) electrons. The molecule has 20 heavy (non-hydrogen) atoms. The maximum atomic E-state index is 5.82. The normalized spacial score (nSPS) is 10.3. The molecule has 2 aromatic rings. The van der Waals surface area contributed by atoms with Gasteiger partial charge in [-0.05, 0) is 35.7 Å². The Bertz CT molecular complexity index is 570. The lowest BCUT2D eigenvalue weighted by Gasteiger charge is -2.11. The summed E-state index contributed by atoms with van der Waals surface area (Å²) >= 11 is 0. The summed E-state index contributed by atoms with van der Waals surface area (Å²) in [6.45, 7) is 3.22. The molecule has 0 aliphatic carbocycles. The highest BCUT2D eigenvalue weighted by Gasteiger charge is 2.07. The largest absolute Gasteiger partial charge is 0.497 e.